The predicted octanol–water partition coefficient (Wildman–Crippen LogP) is 2.11. The van der Waals surface area contributed by atoms with E-state index in [9.17, 15) is 9.59 Å². The topological polar surface area (TPSA) is 82.5 Å². The third-order valence-electron chi connectivity index (χ3n) is 4.20. The van der Waals surface area contributed by atoms with Gasteiger partial charge in [-0.25, -0.2) is 4.68 Å². The van der Waals surface area contributed by atoms with E-state index in [1.165, 1.54) is 16.0 Å². The number of ether oxygens (including phenoxy) is 2. The Balaban J connectivity index is 1.47. The fourth-order valence-electron chi connectivity index (χ4n) is 2.84. The summed E-state index contributed by atoms with van der Waals surface area (Å²) in [6.45, 7) is 2.80. The molecule has 0 radical (unpaired) electrons. The molecule has 4 rings (SSSR count). The van der Waals surface area contributed by atoms with Gasteiger partial charge in [0.15, 0.2) is 11.5 Å². The van der Waals surface area contributed by atoms with Crippen LogP contribution in [0.4, 0.5) is 0 Å². The van der Waals surface area contributed by atoms with Gasteiger partial charge in [-0.3, -0.25) is 9.59 Å². The van der Waals surface area contributed by atoms with Crippen LogP contribution in [0, 0.1) is 0 Å². The van der Waals surface area contributed by atoms with Crippen LogP contribution < -0.4 is 20.3 Å². The van der Waals surface area contributed by atoms with E-state index in [0.717, 1.165) is 10.9 Å². The monoisotopic (exact) mass is 371 g/mol. The second-order valence-corrected chi connectivity index (χ2v) is 6.92. The van der Waals surface area contributed by atoms with Crippen molar-refractivity contribution in [2.75, 3.05) is 13.2 Å². The number of nitrogens with zero attached hydrogens (tertiary/aromatic N) is 2. The molecule has 1 aliphatic heterocycles. The van der Waals surface area contributed by atoms with Crippen molar-refractivity contribution < 1.29 is 14.3 Å². The molecule has 134 valence electrons. The zero-order valence-corrected chi connectivity index (χ0v) is 14.9. The average molecular weight is 371 g/mol. The first-order valence-electron chi connectivity index (χ1n) is 8.24. The molecule has 2 aromatic heterocycles. The minimum atomic E-state index is -0.280. The lowest BCUT2D eigenvalue weighted by Gasteiger charge is -2.21. The van der Waals surface area contributed by atoms with Gasteiger partial charge in [-0.15, -0.1) is 11.3 Å². The van der Waals surface area contributed by atoms with E-state index >= 15 is 0 Å². The van der Waals surface area contributed by atoms with Gasteiger partial charge in [0.1, 0.15) is 24.5 Å². The summed E-state index contributed by atoms with van der Waals surface area (Å²) in [5.41, 5.74) is 0.649. The van der Waals surface area contributed by atoms with Gasteiger partial charge in [-0.05, 0) is 36.1 Å². The van der Waals surface area contributed by atoms with Crippen LogP contribution in [0.25, 0.3) is 10.1 Å². The smallest absolute Gasteiger partial charge is 0.285 e. The fraction of sp³-hybridized carbons (Fsp3) is 0.278. The molecule has 0 spiro atoms. The maximum absolute atomic E-state index is 12.3. The first-order chi connectivity index (χ1) is 12.6. The van der Waals surface area contributed by atoms with E-state index in [1.807, 2.05) is 36.6 Å². The van der Waals surface area contributed by atoms with Gasteiger partial charge in [0.2, 0.25) is 5.91 Å². The molecule has 26 heavy (non-hydrogen) atoms. The molecule has 1 atom stereocenters. The van der Waals surface area contributed by atoms with Gasteiger partial charge in [-0.2, -0.15) is 5.10 Å². The Morgan fingerprint density at radius 2 is 2.12 bits per heavy atom. The highest BCUT2D eigenvalue weighted by Crippen LogP contribution is 2.32. The van der Waals surface area contributed by atoms with Crippen molar-refractivity contribution in [3.63, 3.8) is 0 Å². The Hall–Kier alpha value is -2.87. The van der Waals surface area contributed by atoms with E-state index < -0.39 is 0 Å². The van der Waals surface area contributed by atoms with E-state index in [1.54, 1.807) is 6.20 Å². The van der Waals surface area contributed by atoms with Gasteiger partial charge in [-0.1, -0.05) is 6.07 Å². The summed E-state index contributed by atoms with van der Waals surface area (Å²) >= 11 is 1.35. The molecule has 0 aliphatic carbocycles. The summed E-state index contributed by atoms with van der Waals surface area (Å²) < 4.78 is 12.9. The summed E-state index contributed by atoms with van der Waals surface area (Å²) in [5, 5.41) is 9.59. The normalized spacial score (nSPS) is 14.2. The highest BCUT2D eigenvalue weighted by atomic mass is 32.1. The Morgan fingerprint density at radius 1 is 1.31 bits per heavy atom. The molecule has 8 heteroatoms. The number of carbonyl (C=O) groups excluding carboxylic acids is 1. The van der Waals surface area contributed by atoms with E-state index in [2.05, 4.69) is 10.4 Å². The second-order valence-electron chi connectivity index (χ2n) is 6.00. The molecule has 1 unspecified atom stereocenters. The van der Waals surface area contributed by atoms with Crippen LogP contribution in [0.15, 0.2) is 40.6 Å². The first kappa shape index (κ1) is 16.6. The molecule has 0 bridgehead atoms. The molecule has 1 aromatic carbocycles. The van der Waals surface area contributed by atoms with Crippen molar-refractivity contribution in [1.29, 1.82) is 0 Å². The van der Waals surface area contributed by atoms with Gasteiger partial charge in [0.25, 0.3) is 5.56 Å². The summed E-state index contributed by atoms with van der Waals surface area (Å²) in [4.78, 5) is 24.7. The van der Waals surface area contributed by atoms with E-state index in [4.69, 9.17) is 9.47 Å². The van der Waals surface area contributed by atoms with Gasteiger partial charge in [0.05, 0.1) is 12.2 Å². The van der Waals surface area contributed by atoms with Gasteiger partial charge in [0, 0.05) is 5.39 Å². The lowest BCUT2D eigenvalue weighted by molar-refractivity contribution is -0.122. The number of hydrogen-bond acceptors (Lipinski definition) is 6. The summed E-state index contributed by atoms with van der Waals surface area (Å²) in [5.74, 6) is 1.10. The number of rotatable bonds is 4. The SMILES string of the molecule is CC(NC(=O)Cn1ncc2ccsc2c1=O)c1ccc2c(c1)OCCO2. The lowest BCUT2D eigenvalue weighted by atomic mass is 10.1. The molecular weight excluding hydrogens is 354 g/mol. The molecule has 3 heterocycles. The number of hydrogen-bond donors (Lipinski definition) is 1. The van der Waals surface area contributed by atoms with Crippen molar-refractivity contribution in [3.05, 3.63) is 51.8 Å². The highest BCUT2D eigenvalue weighted by Gasteiger charge is 2.16. The molecular formula is C18H17N3O4S. The zero-order chi connectivity index (χ0) is 18.1. The summed E-state index contributed by atoms with van der Waals surface area (Å²) in [7, 11) is 0. The van der Waals surface area contributed by atoms with E-state index in [-0.39, 0.29) is 24.1 Å². The minimum absolute atomic E-state index is 0.123. The Bertz CT molecular complexity index is 1030. The largest absolute Gasteiger partial charge is 0.486 e. The van der Waals surface area contributed by atoms with Crippen molar-refractivity contribution >= 4 is 27.3 Å². The third kappa shape index (κ3) is 3.15. The quantitative estimate of drug-likeness (QED) is 0.760. The van der Waals surface area contributed by atoms with Crippen LogP contribution in [-0.2, 0) is 11.3 Å². The Morgan fingerprint density at radius 3 is 2.96 bits per heavy atom. The average Bonchev–Trinajstić information content (AvgIpc) is 3.13. The van der Waals surface area contributed by atoms with Gasteiger partial charge < -0.3 is 14.8 Å². The fourth-order valence-corrected chi connectivity index (χ4v) is 3.66. The standard InChI is InChI=1S/C18H17N3O4S/c1-11(12-2-3-14-15(8-12)25-6-5-24-14)20-16(22)10-21-18(23)17-13(9-19-21)4-7-26-17/h2-4,7-9,11H,5-6,10H2,1H3,(H,20,22). The predicted molar refractivity (Wildman–Crippen MR) is 97.9 cm³/mol. The first-order valence-corrected chi connectivity index (χ1v) is 9.12. The molecule has 1 aliphatic rings. The summed E-state index contributed by atoms with van der Waals surface area (Å²) in [6.07, 6.45) is 1.60. The molecule has 1 N–H and O–H groups in total. The van der Waals surface area contributed by atoms with Crippen molar-refractivity contribution in [1.82, 2.24) is 15.1 Å². The molecule has 0 fully saturated rings. The minimum Gasteiger partial charge on any atom is -0.486 e. The van der Waals surface area contributed by atoms with Crippen LogP contribution in [0.5, 0.6) is 11.5 Å². The van der Waals surface area contributed by atoms with Crippen molar-refractivity contribution in [2.24, 2.45) is 0 Å². The summed E-state index contributed by atoms with van der Waals surface area (Å²) in [6, 6.07) is 7.19. The van der Waals surface area contributed by atoms with Crippen LogP contribution in [0.1, 0.15) is 18.5 Å². The molecule has 0 saturated carbocycles. The van der Waals surface area contributed by atoms with Gasteiger partial charge >= 0.3 is 0 Å². The number of fused-ring (bicyclic) bond motifs is 2. The zero-order valence-electron chi connectivity index (χ0n) is 14.1. The highest BCUT2D eigenvalue weighted by molar-refractivity contribution is 7.17. The number of aromatic nitrogens is 2. The number of nitrogens with one attached hydrogen (secondary N) is 1. The number of benzene rings is 1. The van der Waals surface area contributed by atoms with Crippen LogP contribution >= 0.6 is 11.3 Å². The van der Waals surface area contributed by atoms with E-state index in [0.29, 0.717) is 29.4 Å². The lowest BCUT2D eigenvalue weighted by Crippen LogP contribution is -2.34. The number of thiophene rings is 1. The molecule has 1 amide bonds. The van der Waals surface area contributed by atoms with Crippen LogP contribution in [-0.4, -0.2) is 28.9 Å². The number of amides is 1. The number of carbonyl (C=O) groups is 1. The second kappa shape index (κ2) is 6.80. The molecule has 0 saturated heterocycles. The van der Waals surface area contributed by atoms with Crippen LogP contribution in [0.2, 0.25) is 0 Å². The van der Waals surface area contributed by atoms with Crippen molar-refractivity contribution in [3.8, 4) is 11.5 Å². The molecule has 3 aromatic rings. The molecule has 7 nitrogen and oxygen atoms in total. The third-order valence-corrected chi connectivity index (χ3v) is 5.12. The maximum Gasteiger partial charge on any atom is 0.285 e. The van der Waals surface area contributed by atoms with Crippen molar-refractivity contribution in [2.45, 2.75) is 19.5 Å². The Kier molecular flexibility index (Phi) is 4.34. The van der Waals surface area contributed by atoms with Crippen LogP contribution in [0.3, 0.4) is 0 Å². The maximum atomic E-state index is 12.3. The Labute approximate surface area is 153 Å².